The van der Waals surface area contributed by atoms with Gasteiger partial charge >= 0.3 is 5.97 Å². The van der Waals surface area contributed by atoms with Crippen LogP contribution < -0.4 is 5.32 Å². The summed E-state index contributed by atoms with van der Waals surface area (Å²) in [6.07, 6.45) is 9.43. The van der Waals surface area contributed by atoms with Crippen LogP contribution in [0.4, 0.5) is 0 Å². The van der Waals surface area contributed by atoms with Gasteiger partial charge in [-0.3, -0.25) is 9.59 Å². The van der Waals surface area contributed by atoms with E-state index in [1.54, 1.807) is 0 Å². The molecule has 152 valence electrons. The zero-order valence-electron chi connectivity index (χ0n) is 17.0. The first-order valence-corrected chi connectivity index (χ1v) is 10.9. The maximum absolute atomic E-state index is 13.2. The normalized spacial score (nSPS) is 43.5. The molecule has 5 aliphatic carbocycles. The van der Waals surface area contributed by atoms with E-state index < -0.39 is 17.0 Å². The molecule has 0 heterocycles. The van der Waals surface area contributed by atoms with Crippen molar-refractivity contribution in [3.8, 4) is 0 Å². The van der Waals surface area contributed by atoms with Crippen LogP contribution in [0.5, 0.6) is 0 Å². The van der Waals surface area contributed by atoms with Crippen LogP contribution in [0.2, 0.25) is 0 Å². The lowest BCUT2D eigenvalue weighted by Gasteiger charge is -2.59. The van der Waals surface area contributed by atoms with Crippen molar-refractivity contribution in [2.24, 2.45) is 29.1 Å². The van der Waals surface area contributed by atoms with E-state index in [1.165, 1.54) is 12.8 Å². The Labute approximate surface area is 162 Å². The molecule has 0 saturated heterocycles. The maximum atomic E-state index is 13.2. The molecule has 2 N–H and O–H groups in total. The fraction of sp³-hybridized carbons (Fsp3) is 0.909. The number of amides is 1. The highest BCUT2D eigenvalue weighted by Gasteiger charge is 2.61. The van der Waals surface area contributed by atoms with Gasteiger partial charge in [0, 0.05) is 6.04 Å². The van der Waals surface area contributed by atoms with Gasteiger partial charge in [0.2, 0.25) is 0 Å². The van der Waals surface area contributed by atoms with Gasteiger partial charge in [0.15, 0.2) is 0 Å². The van der Waals surface area contributed by atoms with Crippen LogP contribution in [0.15, 0.2) is 0 Å². The first kappa shape index (κ1) is 19.2. The number of carboxylic acid groups (broad SMARTS) is 1. The van der Waals surface area contributed by atoms with Gasteiger partial charge < -0.3 is 15.2 Å². The number of hydrogen-bond donors (Lipinski definition) is 2. The molecule has 0 aliphatic heterocycles. The van der Waals surface area contributed by atoms with E-state index in [0.717, 1.165) is 44.9 Å². The van der Waals surface area contributed by atoms with Gasteiger partial charge in [-0.15, -0.1) is 0 Å². The number of carboxylic acids is 1. The Morgan fingerprint density at radius 2 is 1.70 bits per heavy atom. The average Bonchev–Trinajstić information content (AvgIpc) is 2.59. The minimum Gasteiger partial charge on any atom is -0.481 e. The van der Waals surface area contributed by atoms with E-state index in [9.17, 15) is 14.7 Å². The number of nitrogens with one attached hydrogen (secondary N) is 1. The Bertz CT molecular complexity index is 601. The van der Waals surface area contributed by atoms with Crippen LogP contribution in [-0.2, 0) is 14.3 Å². The minimum absolute atomic E-state index is 0.117. The number of carbonyl (C=O) groups is 2. The van der Waals surface area contributed by atoms with Crippen molar-refractivity contribution in [3.63, 3.8) is 0 Å². The Morgan fingerprint density at radius 1 is 1.07 bits per heavy atom. The van der Waals surface area contributed by atoms with E-state index in [-0.39, 0.29) is 18.1 Å². The van der Waals surface area contributed by atoms with Crippen LogP contribution in [0, 0.1) is 29.1 Å². The fourth-order valence-electron chi connectivity index (χ4n) is 6.81. The quantitative estimate of drug-likeness (QED) is 0.765. The van der Waals surface area contributed by atoms with Crippen LogP contribution in [-0.4, -0.2) is 34.7 Å². The molecule has 5 atom stereocenters. The standard InChI is InChI=1S/C22H35NO4/c1-13-6-4-5-7-17(13)27-21(2,3)19(24)23-18-16-9-14-8-15(10-16)12-22(18,11-14)20(25)26/h13-18H,4-12H2,1-3H3,(H,23,24)(H,25,26). The molecular weight excluding hydrogens is 342 g/mol. The monoisotopic (exact) mass is 377 g/mol. The predicted molar refractivity (Wildman–Crippen MR) is 102 cm³/mol. The molecule has 5 saturated carbocycles. The lowest BCUT2D eigenvalue weighted by molar-refractivity contribution is -0.176. The van der Waals surface area contributed by atoms with Crippen LogP contribution in [0.1, 0.15) is 78.6 Å². The van der Waals surface area contributed by atoms with Crippen molar-refractivity contribution in [2.45, 2.75) is 96.3 Å². The van der Waals surface area contributed by atoms with Crippen molar-refractivity contribution in [1.29, 1.82) is 0 Å². The van der Waals surface area contributed by atoms with Crippen molar-refractivity contribution >= 4 is 11.9 Å². The molecule has 5 heteroatoms. The predicted octanol–water partition coefficient (Wildman–Crippen LogP) is 3.76. The summed E-state index contributed by atoms with van der Waals surface area (Å²) in [6, 6.07) is -0.248. The van der Waals surface area contributed by atoms with Gasteiger partial charge in [-0.05, 0) is 82.5 Å². The van der Waals surface area contributed by atoms with Gasteiger partial charge in [-0.2, -0.15) is 0 Å². The number of carbonyl (C=O) groups excluding carboxylic acids is 1. The average molecular weight is 378 g/mol. The second-order valence-electron chi connectivity index (χ2n) is 10.4. The molecule has 0 aromatic heterocycles. The highest BCUT2D eigenvalue weighted by atomic mass is 16.5. The minimum atomic E-state index is -0.926. The summed E-state index contributed by atoms with van der Waals surface area (Å²) in [5.74, 6) is 0.973. The fourth-order valence-corrected chi connectivity index (χ4v) is 6.81. The molecule has 0 aromatic rings. The van der Waals surface area contributed by atoms with Gasteiger partial charge in [-0.1, -0.05) is 19.8 Å². The summed E-state index contributed by atoms with van der Waals surface area (Å²) in [7, 11) is 0. The summed E-state index contributed by atoms with van der Waals surface area (Å²) < 4.78 is 6.28. The summed E-state index contributed by atoms with van der Waals surface area (Å²) in [5, 5.41) is 13.3. The summed E-state index contributed by atoms with van der Waals surface area (Å²) >= 11 is 0. The molecule has 27 heavy (non-hydrogen) atoms. The van der Waals surface area contributed by atoms with Gasteiger partial charge in [0.05, 0.1) is 11.5 Å². The Hall–Kier alpha value is -1.10. The summed E-state index contributed by atoms with van der Waals surface area (Å²) in [6.45, 7) is 5.88. The second kappa shape index (κ2) is 6.75. The van der Waals surface area contributed by atoms with E-state index >= 15 is 0 Å². The lowest BCUT2D eigenvalue weighted by Crippen LogP contribution is -2.66. The SMILES string of the molecule is CC1CCCCC1OC(C)(C)C(=O)NC1C2CC3CC(C2)CC1(C(=O)O)C3. The third-order valence-electron chi connectivity index (χ3n) is 8.05. The van der Waals surface area contributed by atoms with Crippen LogP contribution in [0.25, 0.3) is 0 Å². The molecule has 5 fully saturated rings. The van der Waals surface area contributed by atoms with E-state index in [1.807, 2.05) is 13.8 Å². The summed E-state index contributed by atoms with van der Waals surface area (Å²) in [5.41, 5.74) is -1.69. The number of hydrogen-bond acceptors (Lipinski definition) is 3. The Kier molecular flexibility index (Phi) is 4.81. The van der Waals surface area contributed by atoms with Gasteiger partial charge in [-0.25, -0.2) is 0 Å². The molecule has 4 bridgehead atoms. The lowest BCUT2D eigenvalue weighted by atomic mass is 9.47. The molecule has 5 unspecified atom stereocenters. The second-order valence-corrected chi connectivity index (χ2v) is 10.4. The largest absolute Gasteiger partial charge is 0.481 e. The first-order chi connectivity index (χ1) is 12.7. The first-order valence-electron chi connectivity index (χ1n) is 10.9. The van der Waals surface area contributed by atoms with E-state index in [2.05, 4.69) is 12.2 Å². The number of ether oxygens (including phenoxy) is 1. The third kappa shape index (κ3) is 3.30. The van der Waals surface area contributed by atoms with Gasteiger partial charge in [0.1, 0.15) is 5.60 Å². The topological polar surface area (TPSA) is 75.6 Å². The third-order valence-corrected chi connectivity index (χ3v) is 8.05. The Morgan fingerprint density at radius 3 is 2.30 bits per heavy atom. The zero-order chi connectivity index (χ0) is 19.4. The van der Waals surface area contributed by atoms with Crippen molar-refractivity contribution in [1.82, 2.24) is 5.32 Å². The smallest absolute Gasteiger partial charge is 0.311 e. The zero-order valence-corrected chi connectivity index (χ0v) is 17.0. The molecule has 0 spiro atoms. The van der Waals surface area contributed by atoms with E-state index in [0.29, 0.717) is 23.7 Å². The van der Waals surface area contributed by atoms with Crippen LogP contribution >= 0.6 is 0 Å². The number of rotatable bonds is 5. The van der Waals surface area contributed by atoms with Crippen molar-refractivity contribution in [3.05, 3.63) is 0 Å². The molecule has 0 aromatic carbocycles. The molecule has 5 aliphatic rings. The molecule has 1 amide bonds. The van der Waals surface area contributed by atoms with Crippen LogP contribution in [0.3, 0.4) is 0 Å². The highest BCUT2D eigenvalue weighted by Crippen LogP contribution is 2.60. The summed E-state index contributed by atoms with van der Waals surface area (Å²) in [4.78, 5) is 25.4. The maximum Gasteiger partial charge on any atom is 0.311 e. The van der Waals surface area contributed by atoms with Crippen molar-refractivity contribution in [2.75, 3.05) is 0 Å². The highest BCUT2D eigenvalue weighted by molar-refractivity contribution is 5.86. The molecule has 5 rings (SSSR count). The van der Waals surface area contributed by atoms with Gasteiger partial charge in [0.25, 0.3) is 5.91 Å². The Balaban J connectivity index is 1.48. The number of aliphatic carboxylic acids is 1. The molecular formula is C22H35NO4. The molecule has 5 nitrogen and oxygen atoms in total. The van der Waals surface area contributed by atoms with Crippen molar-refractivity contribution < 1.29 is 19.4 Å². The van der Waals surface area contributed by atoms with E-state index in [4.69, 9.17) is 4.74 Å². The molecule has 0 radical (unpaired) electrons.